The number of carbonyl (C=O) groups is 3. The van der Waals surface area contributed by atoms with Gasteiger partial charge in [-0.05, 0) is 44.2 Å². The molecule has 1 aromatic carbocycles. The van der Waals surface area contributed by atoms with Crippen molar-refractivity contribution in [2.45, 2.75) is 31.5 Å². The average Bonchev–Trinajstić information content (AvgIpc) is 3.45. The molecule has 2 aromatic heterocycles. The number of benzene rings is 1. The molecule has 246 valence electrons. The molecular formula is C26H30N8O10S2. The largest absolute Gasteiger partial charge is 0.489 e. The molecule has 2 amide bonds. The molecule has 2 fully saturated rings. The summed E-state index contributed by atoms with van der Waals surface area (Å²) in [5, 5.41) is 21.7. The van der Waals surface area contributed by atoms with Gasteiger partial charge in [0.15, 0.2) is 10.8 Å². The Hall–Kier alpha value is -4.63. The van der Waals surface area contributed by atoms with Crippen LogP contribution < -0.4 is 26.0 Å². The second-order valence-corrected chi connectivity index (χ2v) is 12.6. The number of pyridine rings is 1. The number of anilines is 2. The maximum atomic E-state index is 13.2. The third-order valence-corrected chi connectivity index (χ3v) is 8.15. The number of hydrogen-bond donors (Lipinski definition) is 5. The minimum atomic E-state index is -5.01. The zero-order valence-corrected chi connectivity index (χ0v) is 26.1. The summed E-state index contributed by atoms with van der Waals surface area (Å²) in [6.45, 7) is 5.67. The summed E-state index contributed by atoms with van der Waals surface area (Å²) in [7, 11) is -5.01. The van der Waals surface area contributed by atoms with Gasteiger partial charge in [-0.25, -0.2) is 14.8 Å². The first-order chi connectivity index (χ1) is 21.7. The van der Waals surface area contributed by atoms with Gasteiger partial charge in [-0.2, -0.15) is 13.5 Å². The molecule has 0 spiro atoms. The molecule has 5 rings (SSSR count). The highest BCUT2D eigenvalue weighted by molar-refractivity contribution is 7.80. The molecule has 0 radical (unpaired) electrons. The number of piperazine rings is 1. The number of carboxylic acid groups (broad SMARTS) is 1. The molecule has 2 atom stereocenters. The Morgan fingerprint density at radius 2 is 1.98 bits per heavy atom. The number of ether oxygens (including phenoxy) is 1. The first kappa shape index (κ1) is 32.8. The molecular weight excluding hydrogens is 648 g/mol. The van der Waals surface area contributed by atoms with E-state index in [4.69, 9.17) is 24.8 Å². The van der Waals surface area contributed by atoms with Gasteiger partial charge in [0.05, 0.1) is 11.1 Å². The maximum absolute atomic E-state index is 13.2. The molecule has 2 aliphatic heterocycles. The quantitative estimate of drug-likeness (QED) is 0.0719. The van der Waals surface area contributed by atoms with Crippen LogP contribution in [0.3, 0.4) is 0 Å². The van der Waals surface area contributed by atoms with Crippen molar-refractivity contribution in [2.24, 2.45) is 5.16 Å². The van der Waals surface area contributed by atoms with E-state index in [1.54, 1.807) is 18.2 Å². The number of carbonyl (C=O) groups excluding carboxylic acids is 2. The van der Waals surface area contributed by atoms with Crippen LogP contribution in [-0.2, 0) is 33.9 Å². The molecule has 0 saturated carbocycles. The number of hydrogen-bond acceptors (Lipinski definition) is 15. The van der Waals surface area contributed by atoms with Crippen molar-refractivity contribution in [3.05, 3.63) is 41.4 Å². The number of nitrogens with one attached hydrogen (secondary N) is 2. The van der Waals surface area contributed by atoms with Gasteiger partial charge in [0.2, 0.25) is 0 Å². The second kappa shape index (κ2) is 13.0. The van der Waals surface area contributed by atoms with Crippen LogP contribution in [0, 0.1) is 0 Å². The van der Waals surface area contributed by atoms with Crippen LogP contribution in [0.25, 0.3) is 10.9 Å². The molecule has 2 saturated heterocycles. The van der Waals surface area contributed by atoms with Gasteiger partial charge in [-0.1, -0.05) is 5.16 Å². The molecule has 4 heterocycles. The Morgan fingerprint density at radius 1 is 1.24 bits per heavy atom. The Kier molecular flexibility index (Phi) is 9.26. The lowest BCUT2D eigenvalue weighted by atomic mass is 9.84. The predicted octanol–water partition coefficient (Wildman–Crippen LogP) is -0.224. The van der Waals surface area contributed by atoms with Crippen molar-refractivity contribution in [3.8, 4) is 5.75 Å². The summed E-state index contributed by atoms with van der Waals surface area (Å²) in [6.07, 6.45) is -1.68. The van der Waals surface area contributed by atoms with E-state index in [9.17, 15) is 27.9 Å². The number of nitrogen functional groups attached to an aromatic ring is 1. The Morgan fingerprint density at radius 3 is 2.61 bits per heavy atom. The summed E-state index contributed by atoms with van der Waals surface area (Å²) >= 11 is 0.963. The maximum Gasteiger partial charge on any atom is 0.418 e. The van der Waals surface area contributed by atoms with Crippen molar-refractivity contribution in [1.82, 2.24) is 25.7 Å². The van der Waals surface area contributed by atoms with Crippen molar-refractivity contribution < 1.29 is 46.3 Å². The van der Waals surface area contributed by atoms with Crippen LogP contribution in [0.1, 0.15) is 19.5 Å². The van der Waals surface area contributed by atoms with Crippen LogP contribution >= 0.6 is 11.3 Å². The molecule has 2 aliphatic rings. The highest BCUT2D eigenvalue weighted by Gasteiger charge is 2.58. The number of rotatable bonds is 12. The number of amides is 2. The summed E-state index contributed by atoms with van der Waals surface area (Å²) in [4.78, 5) is 53.8. The molecule has 18 nitrogen and oxygen atoms in total. The number of fused-ring (bicyclic) bond motifs is 1. The van der Waals surface area contributed by atoms with Crippen LogP contribution in [0.4, 0.5) is 10.9 Å². The first-order valence-corrected chi connectivity index (χ1v) is 16.0. The van der Waals surface area contributed by atoms with Crippen molar-refractivity contribution in [2.75, 3.05) is 43.4 Å². The lowest BCUT2D eigenvalue weighted by molar-refractivity contribution is -0.218. The molecule has 0 bridgehead atoms. The number of nitrogens with two attached hydrogens (primary N) is 1. The van der Waals surface area contributed by atoms with E-state index < -0.39 is 58.2 Å². The third-order valence-electron chi connectivity index (χ3n) is 7.14. The van der Waals surface area contributed by atoms with Gasteiger partial charge in [0.25, 0.3) is 17.9 Å². The minimum absolute atomic E-state index is 0.0623. The van der Waals surface area contributed by atoms with Crippen molar-refractivity contribution in [1.29, 1.82) is 0 Å². The third kappa shape index (κ3) is 7.26. The van der Waals surface area contributed by atoms with Gasteiger partial charge in [-0.15, -0.1) is 15.6 Å². The van der Waals surface area contributed by atoms with Gasteiger partial charge >= 0.3 is 16.4 Å². The summed E-state index contributed by atoms with van der Waals surface area (Å²) in [6, 6.07) is 7.58. The first-order valence-electron chi connectivity index (χ1n) is 13.7. The molecule has 46 heavy (non-hydrogen) atoms. The van der Waals surface area contributed by atoms with Gasteiger partial charge in [0, 0.05) is 36.9 Å². The highest BCUT2D eigenvalue weighted by Crippen LogP contribution is 2.33. The van der Waals surface area contributed by atoms with Crippen LogP contribution in [0.2, 0.25) is 0 Å². The molecule has 6 N–H and O–H groups in total. The smallest absolute Gasteiger partial charge is 0.418 e. The zero-order chi connectivity index (χ0) is 33.2. The standard InChI is InChI=1S/C26H30N8O10S2/c1-26(2)21(23(36)34(26)44-46(39,40)41)31-22(35)20(17-13-45-25(27)30-17)32-43-18(24(37)38)12-42-15-4-5-16-14(11-15)3-6-19(29-16)33-9-7-28-8-10-33/h3-6,11,13,18,21,28H,7-10,12H2,1-2H3,(H2,27,30)(H,31,35)(H,37,38)(H,39,40,41). The minimum Gasteiger partial charge on any atom is -0.489 e. The number of β-lactam (4-membered cyclic amide) rings is 1. The van der Waals surface area contributed by atoms with Crippen molar-refractivity contribution in [3.63, 3.8) is 0 Å². The summed E-state index contributed by atoms with van der Waals surface area (Å²) < 4.78 is 41.1. The predicted molar refractivity (Wildman–Crippen MR) is 163 cm³/mol. The summed E-state index contributed by atoms with van der Waals surface area (Å²) in [5.74, 6) is -2.25. The summed E-state index contributed by atoms with van der Waals surface area (Å²) in [5.41, 5.74) is 4.41. The Bertz CT molecular complexity index is 1790. The normalized spacial score (nSPS) is 19.0. The number of aromatic nitrogens is 2. The van der Waals surface area contributed by atoms with Gasteiger partial charge in [0.1, 0.15) is 29.9 Å². The molecule has 2 unspecified atom stereocenters. The number of oxime groups is 1. The van der Waals surface area contributed by atoms with E-state index in [1.807, 2.05) is 12.1 Å². The SMILES string of the molecule is CC1(C)C(NC(=O)C(=NOC(COc2ccc3nc(N4CCNCC4)ccc3c2)C(=O)O)c2csc(N)n2)C(=O)N1OS(=O)(=O)O. The fraction of sp³-hybridized carbons (Fsp3) is 0.385. The highest BCUT2D eigenvalue weighted by atomic mass is 32.3. The number of aliphatic carboxylic acids is 1. The number of thiazole rings is 1. The van der Waals surface area contributed by atoms with E-state index in [1.165, 1.54) is 19.2 Å². The second-order valence-electron chi connectivity index (χ2n) is 10.7. The van der Waals surface area contributed by atoms with Crippen LogP contribution in [-0.4, -0.2) is 107 Å². The monoisotopic (exact) mass is 678 g/mol. The molecule has 3 aromatic rings. The molecule has 20 heteroatoms. The number of hydroxylamine groups is 2. The van der Waals surface area contributed by atoms with E-state index in [2.05, 4.69) is 30.0 Å². The van der Waals surface area contributed by atoms with E-state index >= 15 is 0 Å². The van der Waals surface area contributed by atoms with Crippen molar-refractivity contribution >= 4 is 67.1 Å². The fourth-order valence-corrected chi connectivity index (χ4v) is 5.71. The zero-order valence-electron chi connectivity index (χ0n) is 24.4. The fourth-order valence-electron chi connectivity index (χ4n) is 4.71. The van der Waals surface area contributed by atoms with E-state index in [-0.39, 0.29) is 10.8 Å². The van der Waals surface area contributed by atoms with E-state index in [0.717, 1.165) is 54.2 Å². The molecule has 0 aliphatic carbocycles. The average molecular weight is 679 g/mol. The lowest BCUT2D eigenvalue weighted by Gasteiger charge is -2.50. The van der Waals surface area contributed by atoms with E-state index in [0.29, 0.717) is 10.8 Å². The Balaban J connectivity index is 1.28. The Labute approximate surface area is 266 Å². The van der Waals surface area contributed by atoms with Crippen LogP contribution in [0.5, 0.6) is 5.75 Å². The van der Waals surface area contributed by atoms with Gasteiger partial charge < -0.3 is 35.9 Å². The number of carboxylic acids is 1. The lowest BCUT2D eigenvalue weighted by Crippen LogP contribution is -2.76. The topological polar surface area (TPSA) is 248 Å². The van der Waals surface area contributed by atoms with Gasteiger partial charge in [-0.3, -0.25) is 14.1 Å². The van der Waals surface area contributed by atoms with Crippen LogP contribution in [0.15, 0.2) is 40.9 Å². The number of nitrogens with zero attached hydrogens (tertiary/aromatic N) is 5.